The van der Waals surface area contributed by atoms with Crippen molar-refractivity contribution in [1.29, 1.82) is 0 Å². The van der Waals surface area contributed by atoms with Crippen LogP contribution in [-0.2, 0) is 4.79 Å². The molecule has 1 saturated carbocycles. The van der Waals surface area contributed by atoms with E-state index in [0.717, 1.165) is 23.9 Å². The largest absolute Gasteiger partial charge is 0.359 e. The quantitative estimate of drug-likeness (QED) is 0.530. The number of benzene rings is 2. The van der Waals surface area contributed by atoms with E-state index in [1.807, 2.05) is 0 Å². The Bertz CT molecular complexity index is 1010. The minimum atomic E-state index is 0.325. The first-order chi connectivity index (χ1) is 12.8. The molecule has 0 saturated heterocycles. The van der Waals surface area contributed by atoms with Crippen molar-refractivity contribution < 1.29 is 4.79 Å². The van der Waals surface area contributed by atoms with E-state index in [9.17, 15) is 4.79 Å². The first-order valence-corrected chi connectivity index (χ1v) is 9.24. The first-order valence-electron chi connectivity index (χ1n) is 9.24. The number of fused-ring (bicyclic) bond motifs is 2. The number of carbonyl (C=O) groups excluding carboxylic acids is 1. The maximum Gasteiger partial charge on any atom is 0.133 e. The number of aromatic amines is 2. The minimum Gasteiger partial charge on any atom is -0.359 e. The maximum absolute atomic E-state index is 11.8. The summed E-state index contributed by atoms with van der Waals surface area (Å²) in [6.07, 6.45) is 7.35. The summed E-state index contributed by atoms with van der Waals surface area (Å²) in [4.78, 5) is 21.0. The van der Waals surface area contributed by atoms with Crippen LogP contribution in [0.5, 0.6) is 0 Å². The van der Waals surface area contributed by atoms with E-state index in [2.05, 4.69) is 75.8 Å². The molecule has 2 heterocycles. The Morgan fingerprint density at radius 3 is 1.81 bits per heavy atom. The highest BCUT2D eigenvalue weighted by molar-refractivity contribution is 6.01. The van der Waals surface area contributed by atoms with Gasteiger partial charge in [-0.25, -0.2) is 0 Å². The van der Waals surface area contributed by atoms with Gasteiger partial charge in [0.2, 0.25) is 0 Å². The highest BCUT2D eigenvalue weighted by Gasteiger charge is 2.28. The van der Waals surface area contributed by atoms with Gasteiger partial charge in [-0.15, -0.1) is 0 Å². The molecule has 4 heteroatoms. The highest BCUT2D eigenvalue weighted by atomic mass is 16.1. The van der Waals surface area contributed by atoms with Crippen LogP contribution in [0.15, 0.2) is 60.9 Å². The average molecular weight is 343 g/mol. The summed E-state index contributed by atoms with van der Waals surface area (Å²) >= 11 is 0. The number of carbonyl (C=O) groups is 1. The lowest BCUT2D eigenvalue weighted by atomic mass is 9.92. The van der Waals surface area contributed by atoms with Crippen LogP contribution in [0.2, 0.25) is 0 Å². The normalized spacial score (nSPS) is 15.8. The number of hydrogen-bond acceptors (Lipinski definition) is 2. The van der Waals surface area contributed by atoms with Gasteiger partial charge in [-0.05, 0) is 25.0 Å². The van der Waals surface area contributed by atoms with Crippen LogP contribution in [0.4, 0.5) is 11.4 Å². The third-order valence-corrected chi connectivity index (χ3v) is 5.53. The lowest BCUT2D eigenvalue weighted by Crippen LogP contribution is -2.34. The predicted molar refractivity (Wildman–Crippen MR) is 106 cm³/mol. The summed E-state index contributed by atoms with van der Waals surface area (Å²) in [5.74, 6) is 0.388. The number of rotatable bonds is 3. The van der Waals surface area contributed by atoms with Gasteiger partial charge in [0.15, 0.2) is 0 Å². The summed E-state index contributed by atoms with van der Waals surface area (Å²) in [5.41, 5.74) is 4.65. The summed E-state index contributed by atoms with van der Waals surface area (Å²) in [6.45, 7) is 0. The number of Topliss-reactive ketones (excluding diaryl/α,β-unsaturated/α-hetero) is 1. The Morgan fingerprint density at radius 2 is 1.27 bits per heavy atom. The molecule has 0 spiro atoms. The molecule has 4 aromatic rings. The molecular formula is C22H21N3O. The lowest BCUT2D eigenvalue weighted by molar-refractivity contribution is -0.120. The molecule has 2 N–H and O–H groups in total. The van der Waals surface area contributed by atoms with E-state index in [1.165, 1.54) is 22.1 Å². The van der Waals surface area contributed by atoms with Crippen molar-refractivity contribution in [3.8, 4) is 0 Å². The summed E-state index contributed by atoms with van der Waals surface area (Å²) in [7, 11) is 0. The van der Waals surface area contributed by atoms with E-state index in [0.29, 0.717) is 24.7 Å². The Morgan fingerprint density at radius 1 is 0.769 bits per heavy atom. The standard InChI is InChI=1S/C22H21N3O/c26-16-11-9-15(10-12-16)25(21-13-23-19-7-3-1-5-17(19)21)22-14-24-20-8-4-2-6-18(20)22/h1-8,13-15,23-24H,9-12H2. The molecule has 0 amide bonds. The molecule has 2 aromatic carbocycles. The van der Waals surface area contributed by atoms with Crippen molar-refractivity contribution in [2.75, 3.05) is 4.90 Å². The van der Waals surface area contributed by atoms with Crippen LogP contribution >= 0.6 is 0 Å². The average Bonchev–Trinajstić information content (AvgIpc) is 3.29. The molecule has 1 fully saturated rings. The Labute approximate surface area is 151 Å². The third-order valence-electron chi connectivity index (χ3n) is 5.53. The van der Waals surface area contributed by atoms with E-state index >= 15 is 0 Å². The Kier molecular flexibility index (Phi) is 3.56. The maximum atomic E-state index is 11.8. The number of H-pyrrole nitrogens is 2. The number of ketones is 1. The monoisotopic (exact) mass is 343 g/mol. The molecule has 0 bridgehead atoms. The van der Waals surface area contributed by atoms with Crippen LogP contribution in [0, 0.1) is 0 Å². The molecule has 1 aliphatic carbocycles. The fraction of sp³-hybridized carbons (Fsp3) is 0.227. The van der Waals surface area contributed by atoms with Gasteiger partial charge in [0.25, 0.3) is 0 Å². The Balaban J connectivity index is 1.69. The number of hydrogen-bond donors (Lipinski definition) is 2. The predicted octanol–water partition coefficient (Wildman–Crippen LogP) is 5.30. The molecule has 1 aliphatic rings. The van der Waals surface area contributed by atoms with Gasteiger partial charge in [0, 0.05) is 53.1 Å². The molecule has 26 heavy (non-hydrogen) atoms. The van der Waals surface area contributed by atoms with Gasteiger partial charge in [0.1, 0.15) is 5.78 Å². The Hall–Kier alpha value is -3.01. The molecule has 4 nitrogen and oxygen atoms in total. The zero-order valence-corrected chi connectivity index (χ0v) is 14.5. The van der Waals surface area contributed by atoms with Crippen LogP contribution in [0.1, 0.15) is 25.7 Å². The van der Waals surface area contributed by atoms with Crippen molar-refractivity contribution in [1.82, 2.24) is 9.97 Å². The van der Waals surface area contributed by atoms with Crippen LogP contribution in [-0.4, -0.2) is 21.8 Å². The highest BCUT2D eigenvalue weighted by Crippen LogP contribution is 2.40. The van der Waals surface area contributed by atoms with Crippen LogP contribution < -0.4 is 4.90 Å². The number of nitrogens with one attached hydrogen (secondary N) is 2. The van der Waals surface area contributed by atoms with Gasteiger partial charge in [-0.1, -0.05) is 36.4 Å². The van der Waals surface area contributed by atoms with Gasteiger partial charge < -0.3 is 14.9 Å². The summed E-state index contributed by atoms with van der Waals surface area (Å²) in [5, 5.41) is 2.43. The van der Waals surface area contributed by atoms with Crippen molar-refractivity contribution in [2.45, 2.75) is 31.7 Å². The van der Waals surface area contributed by atoms with Crippen molar-refractivity contribution in [2.24, 2.45) is 0 Å². The van der Waals surface area contributed by atoms with Gasteiger partial charge in [0.05, 0.1) is 11.4 Å². The summed E-state index contributed by atoms with van der Waals surface area (Å²) in [6, 6.07) is 17.1. The van der Waals surface area contributed by atoms with E-state index < -0.39 is 0 Å². The minimum absolute atomic E-state index is 0.325. The number of anilines is 2. The SMILES string of the molecule is O=C1CCC(N(c2c[nH]c3ccccc23)c2c[nH]c3ccccc23)CC1. The second kappa shape index (κ2) is 6.06. The number of aromatic nitrogens is 2. The number of para-hydroxylation sites is 2. The van der Waals surface area contributed by atoms with Crippen molar-refractivity contribution in [3.63, 3.8) is 0 Å². The van der Waals surface area contributed by atoms with Gasteiger partial charge in [-0.2, -0.15) is 0 Å². The molecule has 5 rings (SSSR count). The summed E-state index contributed by atoms with van der Waals surface area (Å²) < 4.78 is 0. The zero-order valence-electron chi connectivity index (χ0n) is 14.5. The molecule has 130 valence electrons. The molecule has 0 radical (unpaired) electrons. The van der Waals surface area contributed by atoms with E-state index in [4.69, 9.17) is 0 Å². The van der Waals surface area contributed by atoms with E-state index in [-0.39, 0.29) is 0 Å². The fourth-order valence-electron chi connectivity index (χ4n) is 4.22. The molecule has 0 atom stereocenters. The van der Waals surface area contributed by atoms with Crippen LogP contribution in [0.3, 0.4) is 0 Å². The van der Waals surface area contributed by atoms with Crippen molar-refractivity contribution in [3.05, 3.63) is 60.9 Å². The van der Waals surface area contributed by atoms with Gasteiger partial charge >= 0.3 is 0 Å². The molecule has 0 unspecified atom stereocenters. The molecule has 0 aliphatic heterocycles. The zero-order chi connectivity index (χ0) is 17.5. The molecule has 2 aromatic heterocycles. The third kappa shape index (κ3) is 2.41. The molecular weight excluding hydrogens is 322 g/mol. The smallest absolute Gasteiger partial charge is 0.133 e. The second-order valence-electron chi connectivity index (χ2n) is 7.08. The lowest BCUT2D eigenvalue weighted by Gasteiger charge is -2.35. The first kappa shape index (κ1) is 15.3. The topological polar surface area (TPSA) is 51.9 Å². The number of nitrogens with zero attached hydrogens (tertiary/aromatic N) is 1. The van der Waals surface area contributed by atoms with Crippen LogP contribution in [0.25, 0.3) is 21.8 Å². The van der Waals surface area contributed by atoms with E-state index in [1.54, 1.807) is 0 Å². The van der Waals surface area contributed by atoms with Crippen molar-refractivity contribution >= 4 is 39.0 Å². The second-order valence-corrected chi connectivity index (χ2v) is 7.08. The van der Waals surface area contributed by atoms with Gasteiger partial charge in [-0.3, -0.25) is 4.79 Å². The fourth-order valence-corrected chi connectivity index (χ4v) is 4.22.